The second-order valence-electron chi connectivity index (χ2n) is 12.1. The third-order valence-electron chi connectivity index (χ3n) is 9.26. The summed E-state index contributed by atoms with van der Waals surface area (Å²) in [6.07, 6.45) is 4.78. The largest absolute Gasteiger partial charge is 0.491 e. The number of nitrogens with zero attached hydrogens (tertiary/aromatic N) is 4. The van der Waals surface area contributed by atoms with Crippen molar-refractivity contribution < 1.29 is 28.4 Å². The number of hydrogen-bond donors (Lipinski definition) is 0. The average Bonchev–Trinajstić information content (AvgIpc) is 3.44. The van der Waals surface area contributed by atoms with E-state index in [1.54, 1.807) is 16.8 Å². The van der Waals surface area contributed by atoms with Crippen molar-refractivity contribution in [2.45, 2.75) is 64.5 Å². The number of fused-ring (bicyclic) bond motifs is 3. The maximum Gasteiger partial charge on any atom is 0.327 e. The van der Waals surface area contributed by atoms with Gasteiger partial charge in [0.15, 0.2) is 0 Å². The number of urea groups is 1. The van der Waals surface area contributed by atoms with E-state index in [-0.39, 0.29) is 18.4 Å². The van der Waals surface area contributed by atoms with Crippen molar-refractivity contribution in [2.24, 2.45) is 0 Å². The van der Waals surface area contributed by atoms with Gasteiger partial charge in [0.2, 0.25) is 5.91 Å². The van der Waals surface area contributed by atoms with Gasteiger partial charge in [-0.15, -0.1) is 0 Å². The lowest BCUT2D eigenvalue weighted by molar-refractivity contribution is -0.141. The molecule has 10 heteroatoms. The number of aromatic nitrogens is 1. The Labute approximate surface area is 257 Å². The summed E-state index contributed by atoms with van der Waals surface area (Å²) in [5, 5.41) is 4.12. The molecular weight excluding hydrogens is 560 g/mol. The number of amides is 4. The van der Waals surface area contributed by atoms with Crippen LogP contribution in [0.1, 0.15) is 60.2 Å². The van der Waals surface area contributed by atoms with Crippen LogP contribution >= 0.6 is 0 Å². The number of imide groups is 1. The fourth-order valence-corrected chi connectivity index (χ4v) is 6.87. The summed E-state index contributed by atoms with van der Waals surface area (Å²) in [6, 6.07) is 13.9. The molecule has 1 spiro atoms. The molecule has 0 unspecified atom stereocenters. The SMILES string of the molecule is Cc1noc(C)c1-c1ccc2c(c1)Cc1cccc(c1)CN(C(=O)CN1C(=O)N(C)C3(CCCCC3)C1=O)CCOCCO2. The molecule has 4 amide bonds. The zero-order valence-electron chi connectivity index (χ0n) is 25.8. The molecule has 2 bridgehead atoms. The zero-order chi connectivity index (χ0) is 30.8. The fraction of sp³-hybridized carbons (Fsp3) is 0.471. The topological polar surface area (TPSA) is 105 Å². The molecule has 2 fully saturated rings. The summed E-state index contributed by atoms with van der Waals surface area (Å²) < 4.78 is 17.4. The second kappa shape index (κ2) is 12.4. The summed E-state index contributed by atoms with van der Waals surface area (Å²) in [5.74, 6) is 1.04. The van der Waals surface area contributed by atoms with Crippen molar-refractivity contribution in [3.8, 4) is 16.9 Å². The lowest BCUT2D eigenvalue weighted by Gasteiger charge is -2.35. The normalized spacial score (nSPS) is 19.1. The van der Waals surface area contributed by atoms with Gasteiger partial charge in [-0.05, 0) is 61.1 Å². The molecule has 3 aliphatic rings. The van der Waals surface area contributed by atoms with Gasteiger partial charge in [-0.3, -0.25) is 14.5 Å². The van der Waals surface area contributed by atoms with Crippen LogP contribution in [0.3, 0.4) is 0 Å². The van der Waals surface area contributed by atoms with Gasteiger partial charge in [0.1, 0.15) is 30.2 Å². The van der Waals surface area contributed by atoms with Crippen molar-refractivity contribution in [1.29, 1.82) is 0 Å². The minimum atomic E-state index is -0.812. The highest BCUT2D eigenvalue weighted by molar-refractivity contribution is 6.09. The number of carbonyl (C=O) groups excluding carboxylic acids is 3. The number of aryl methyl sites for hydroxylation is 2. The third-order valence-corrected chi connectivity index (χ3v) is 9.26. The van der Waals surface area contributed by atoms with Crippen molar-refractivity contribution >= 4 is 17.8 Å². The first kappa shape index (κ1) is 29.9. The second-order valence-corrected chi connectivity index (χ2v) is 12.1. The van der Waals surface area contributed by atoms with Gasteiger partial charge in [-0.2, -0.15) is 0 Å². The number of likely N-dealkylation sites (N-methyl/N-ethyl adjacent to an activating group) is 1. The number of hydrogen-bond acceptors (Lipinski definition) is 7. The van der Waals surface area contributed by atoms with Gasteiger partial charge < -0.3 is 23.8 Å². The minimum Gasteiger partial charge on any atom is -0.491 e. The Bertz CT molecular complexity index is 1540. The molecule has 44 heavy (non-hydrogen) atoms. The summed E-state index contributed by atoms with van der Waals surface area (Å²) in [5.41, 5.74) is 5.08. The monoisotopic (exact) mass is 600 g/mol. The maximum atomic E-state index is 13.7. The van der Waals surface area contributed by atoms with E-state index in [9.17, 15) is 14.4 Å². The number of carbonyl (C=O) groups is 3. The lowest BCUT2D eigenvalue weighted by Crippen LogP contribution is -2.49. The molecule has 3 aromatic rings. The Morgan fingerprint density at radius 1 is 0.977 bits per heavy atom. The Morgan fingerprint density at radius 3 is 2.55 bits per heavy atom. The van der Waals surface area contributed by atoms with Crippen LogP contribution in [0.5, 0.6) is 5.75 Å². The maximum absolute atomic E-state index is 13.7. The molecule has 0 N–H and O–H groups in total. The molecule has 0 radical (unpaired) electrons. The Kier molecular flexibility index (Phi) is 8.44. The fourth-order valence-electron chi connectivity index (χ4n) is 6.87. The summed E-state index contributed by atoms with van der Waals surface area (Å²) in [7, 11) is 1.69. The third kappa shape index (κ3) is 5.70. The molecule has 2 aromatic carbocycles. The van der Waals surface area contributed by atoms with Gasteiger partial charge >= 0.3 is 6.03 Å². The molecule has 0 atom stereocenters. The first-order valence-corrected chi connectivity index (χ1v) is 15.5. The summed E-state index contributed by atoms with van der Waals surface area (Å²) in [4.78, 5) is 44.8. The van der Waals surface area contributed by atoms with Gasteiger partial charge in [-0.1, -0.05) is 54.8 Å². The van der Waals surface area contributed by atoms with Crippen LogP contribution in [0.25, 0.3) is 11.1 Å². The standard InChI is InChI=1S/C34H40N4O6/c1-23-31(24(2)44-35-23)27-10-11-29-28(20-27)19-25-8-7-9-26(18-25)21-37(14-15-42-16-17-43-29)30(39)22-38-32(40)34(36(3)33(38)41)12-5-4-6-13-34/h7-11,18,20H,4-6,12-17,19,21-22H2,1-3H3. The molecule has 1 aromatic heterocycles. The van der Waals surface area contributed by atoms with E-state index in [1.807, 2.05) is 38.1 Å². The summed E-state index contributed by atoms with van der Waals surface area (Å²) in [6.45, 7) is 5.26. The molecule has 1 aliphatic carbocycles. The van der Waals surface area contributed by atoms with Crippen molar-refractivity contribution in [3.05, 3.63) is 70.6 Å². The van der Waals surface area contributed by atoms with Crippen LogP contribution in [0.4, 0.5) is 4.79 Å². The van der Waals surface area contributed by atoms with Crippen LogP contribution in [0.2, 0.25) is 0 Å². The Hall–Kier alpha value is -4.18. The smallest absolute Gasteiger partial charge is 0.327 e. The van der Waals surface area contributed by atoms with Gasteiger partial charge in [0.05, 0.1) is 18.9 Å². The number of rotatable bonds is 3. The molecule has 10 nitrogen and oxygen atoms in total. The first-order valence-electron chi connectivity index (χ1n) is 15.5. The van der Waals surface area contributed by atoms with Gasteiger partial charge in [-0.25, -0.2) is 4.79 Å². The van der Waals surface area contributed by atoms with E-state index >= 15 is 0 Å². The zero-order valence-corrected chi connectivity index (χ0v) is 25.8. The lowest BCUT2D eigenvalue weighted by atomic mass is 9.81. The minimum absolute atomic E-state index is 0.245. The quantitative estimate of drug-likeness (QED) is 0.395. The van der Waals surface area contributed by atoms with Gasteiger partial charge in [0.25, 0.3) is 5.91 Å². The highest BCUT2D eigenvalue weighted by atomic mass is 16.5. The van der Waals surface area contributed by atoms with Crippen molar-refractivity contribution in [3.63, 3.8) is 0 Å². The average molecular weight is 601 g/mol. The van der Waals surface area contributed by atoms with E-state index in [0.29, 0.717) is 52.2 Å². The first-order chi connectivity index (χ1) is 21.3. The van der Waals surface area contributed by atoms with Crippen LogP contribution in [0.15, 0.2) is 47.0 Å². The highest BCUT2D eigenvalue weighted by Crippen LogP contribution is 2.39. The van der Waals surface area contributed by atoms with Crippen molar-refractivity contribution in [2.75, 3.05) is 40.0 Å². The van der Waals surface area contributed by atoms with Crippen molar-refractivity contribution in [1.82, 2.24) is 19.9 Å². The number of ether oxygens (including phenoxy) is 2. The Balaban J connectivity index is 1.23. The van der Waals surface area contributed by atoms with Crippen LogP contribution in [0, 0.1) is 13.8 Å². The van der Waals surface area contributed by atoms with E-state index in [1.165, 1.54) is 0 Å². The molecule has 3 heterocycles. The van der Waals surface area contributed by atoms with E-state index in [2.05, 4.69) is 23.4 Å². The van der Waals surface area contributed by atoms with Crippen LogP contribution in [-0.4, -0.2) is 83.2 Å². The van der Waals surface area contributed by atoms with E-state index < -0.39 is 11.6 Å². The molecule has 2 aliphatic heterocycles. The molecule has 1 saturated carbocycles. The molecule has 232 valence electrons. The van der Waals surface area contributed by atoms with E-state index in [0.717, 1.165) is 69.2 Å². The predicted molar refractivity (Wildman–Crippen MR) is 163 cm³/mol. The van der Waals surface area contributed by atoms with Gasteiger partial charge in [0, 0.05) is 32.1 Å². The predicted octanol–water partition coefficient (Wildman–Crippen LogP) is 4.88. The Morgan fingerprint density at radius 2 is 1.77 bits per heavy atom. The van der Waals surface area contributed by atoms with E-state index in [4.69, 9.17) is 14.0 Å². The summed E-state index contributed by atoms with van der Waals surface area (Å²) >= 11 is 0. The van der Waals surface area contributed by atoms with Crippen LogP contribution in [-0.2, 0) is 27.3 Å². The highest BCUT2D eigenvalue weighted by Gasteiger charge is 2.56. The molecule has 1 saturated heterocycles. The molecule has 6 rings (SSSR count). The number of benzene rings is 2. The van der Waals surface area contributed by atoms with Crippen LogP contribution < -0.4 is 4.74 Å². The molecular formula is C34H40N4O6.